The van der Waals surface area contributed by atoms with Crippen LogP contribution in [0, 0.1) is 13.8 Å². The van der Waals surface area contributed by atoms with E-state index in [4.69, 9.17) is 5.11 Å². The SMILES string of the molecule is CCN(CCO)CC(=O)c1cc(C)n(Cc2ccccc2)c1C. The van der Waals surface area contributed by atoms with Gasteiger partial charge in [-0.2, -0.15) is 0 Å². The summed E-state index contributed by atoms with van der Waals surface area (Å²) in [5, 5.41) is 9.06. The van der Waals surface area contributed by atoms with Gasteiger partial charge in [-0.15, -0.1) is 0 Å². The predicted molar refractivity (Wildman–Crippen MR) is 93.0 cm³/mol. The topological polar surface area (TPSA) is 45.5 Å². The normalized spacial score (nSPS) is 11.2. The lowest BCUT2D eigenvalue weighted by Crippen LogP contribution is -2.32. The maximum Gasteiger partial charge on any atom is 0.178 e. The van der Waals surface area contributed by atoms with Crippen LogP contribution < -0.4 is 0 Å². The second-order valence-electron chi connectivity index (χ2n) is 5.87. The van der Waals surface area contributed by atoms with Crippen LogP contribution in [0.2, 0.25) is 0 Å². The van der Waals surface area contributed by atoms with Crippen molar-refractivity contribution >= 4 is 5.78 Å². The van der Waals surface area contributed by atoms with E-state index in [2.05, 4.69) is 16.7 Å². The van der Waals surface area contributed by atoms with E-state index in [0.29, 0.717) is 13.1 Å². The zero-order chi connectivity index (χ0) is 16.8. The third-order valence-electron chi connectivity index (χ3n) is 4.29. The highest BCUT2D eigenvalue weighted by atomic mass is 16.3. The highest BCUT2D eigenvalue weighted by Gasteiger charge is 2.17. The van der Waals surface area contributed by atoms with E-state index in [9.17, 15) is 4.79 Å². The van der Waals surface area contributed by atoms with E-state index < -0.39 is 0 Å². The molecule has 0 aliphatic heterocycles. The Kier molecular flexibility index (Phi) is 6.13. The van der Waals surface area contributed by atoms with Gasteiger partial charge < -0.3 is 9.67 Å². The van der Waals surface area contributed by atoms with E-state index in [-0.39, 0.29) is 12.4 Å². The highest BCUT2D eigenvalue weighted by Crippen LogP contribution is 2.18. The minimum Gasteiger partial charge on any atom is -0.395 e. The Hall–Kier alpha value is -1.91. The lowest BCUT2D eigenvalue weighted by molar-refractivity contribution is 0.0919. The first-order valence-electron chi connectivity index (χ1n) is 8.13. The lowest BCUT2D eigenvalue weighted by atomic mass is 10.1. The van der Waals surface area contributed by atoms with E-state index >= 15 is 0 Å². The van der Waals surface area contributed by atoms with E-state index in [0.717, 1.165) is 30.0 Å². The van der Waals surface area contributed by atoms with Crippen LogP contribution in [0.15, 0.2) is 36.4 Å². The standard InChI is InChI=1S/C19H26N2O2/c1-4-20(10-11-22)14-19(23)18-12-15(2)21(16(18)3)13-17-8-6-5-7-9-17/h5-9,12,22H,4,10-11,13-14H2,1-3H3. The fraction of sp³-hybridized carbons (Fsp3) is 0.421. The third kappa shape index (κ3) is 4.30. The fourth-order valence-corrected chi connectivity index (χ4v) is 2.87. The average molecular weight is 314 g/mol. The van der Waals surface area contributed by atoms with Crippen molar-refractivity contribution in [3.8, 4) is 0 Å². The van der Waals surface area contributed by atoms with Gasteiger partial charge in [-0.1, -0.05) is 37.3 Å². The van der Waals surface area contributed by atoms with Gasteiger partial charge in [0, 0.05) is 30.0 Å². The molecule has 124 valence electrons. The van der Waals surface area contributed by atoms with Crippen molar-refractivity contribution < 1.29 is 9.90 Å². The molecule has 1 N–H and O–H groups in total. The van der Waals surface area contributed by atoms with Crippen LogP contribution in [0.4, 0.5) is 0 Å². The Labute approximate surface area is 138 Å². The van der Waals surface area contributed by atoms with E-state index in [1.165, 1.54) is 5.56 Å². The van der Waals surface area contributed by atoms with Gasteiger partial charge >= 0.3 is 0 Å². The monoisotopic (exact) mass is 314 g/mol. The second-order valence-corrected chi connectivity index (χ2v) is 5.87. The number of carbonyl (C=O) groups is 1. The predicted octanol–water partition coefficient (Wildman–Crippen LogP) is 2.65. The third-order valence-corrected chi connectivity index (χ3v) is 4.29. The number of nitrogens with zero attached hydrogens (tertiary/aromatic N) is 2. The summed E-state index contributed by atoms with van der Waals surface area (Å²) in [5.41, 5.74) is 4.12. The molecule has 23 heavy (non-hydrogen) atoms. The number of aryl methyl sites for hydroxylation is 1. The number of aliphatic hydroxyl groups excluding tert-OH is 1. The number of likely N-dealkylation sites (N-methyl/N-ethyl adjacent to an activating group) is 1. The molecule has 0 bridgehead atoms. The molecule has 0 aliphatic rings. The molecule has 0 unspecified atom stereocenters. The zero-order valence-electron chi connectivity index (χ0n) is 14.2. The molecule has 0 radical (unpaired) electrons. The summed E-state index contributed by atoms with van der Waals surface area (Å²) in [6.45, 7) is 8.55. The Morgan fingerprint density at radius 1 is 1.22 bits per heavy atom. The minimum atomic E-state index is 0.0775. The van der Waals surface area contributed by atoms with Gasteiger partial charge in [-0.05, 0) is 32.0 Å². The number of hydrogen-bond donors (Lipinski definition) is 1. The average Bonchev–Trinajstić information content (AvgIpc) is 2.83. The molecule has 0 aliphatic carbocycles. The summed E-state index contributed by atoms with van der Waals surface area (Å²) in [6, 6.07) is 12.2. The summed E-state index contributed by atoms with van der Waals surface area (Å²) in [7, 11) is 0. The maximum absolute atomic E-state index is 12.6. The van der Waals surface area contributed by atoms with Crippen molar-refractivity contribution in [1.29, 1.82) is 0 Å². The Morgan fingerprint density at radius 2 is 1.91 bits per heavy atom. The van der Waals surface area contributed by atoms with Crippen molar-refractivity contribution in [3.63, 3.8) is 0 Å². The summed E-state index contributed by atoms with van der Waals surface area (Å²) < 4.78 is 2.19. The molecule has 2 aromatic rings. The molecule has 0 fully saturated rings. The van der Waals surface area contributed by atoms with Crippen LogP contribution in [0.1, 0.15) is 34.2 Å². The maximum atomic E-state index is 12.6. The van der Waals surface area contributed by atoms with Crippen molar-refractivity contribution in [1.82, 2.24) is 9.47 Å². The molecule has 0 saturated heterocycles. The molecular weight excluding hydrogens is 288 g/mol. The van der Waals surface area contributed by atoms with Crippen LogP contribution in [-0.4, -0.2) is 46.6 Å². The van der Waals surface area contributed by atoms with Gasteiger partial charge in [0.15, 0.2) is 5.78 Å². The second kappa shape index (κ2) is 8.09. The van der Waals surface area contributed by atoms with Gasteiger partial charge in [0.05, 0.1) is 13.2 Å². The highest BCUT2D eigenvalue weighted by molar-refractivity contribution is 5.99. The number of aromatic nitrogens is 1. The van der Waals surface area contributed by atoms with Crippen LogP contribution in [0.25, 0.3) is 0 Å². The molecule has 4 nitrogen and oxygen atoms in total. The summed E-state index contributed by atoms with van der Waals surface area (Å²) in [5.74, 6) is 0.118. The minimum absolute atomic E-state index is 0.0775. The number of ketones is 1. The Balaban J connectivity index is 2.18. The Morgan fingerprint density at radius 3 is 2.52 bits per heavy atom. The quantitative estimate of drug-likeness (QED) is 0.762. The molecule has 1 heterocycles. The number of rotatable bonds is 8. The molecule has 1 aromatic heterocycles. The van der Waals surface area contributed by atoms with Crippen molar-refractivity contribution in [2.75, 3.05) is 26.2 Å². The molecule has 0 spiro atoms. The molecule has 0 atom stereocenters. The van der Waals surface area contributed by atoms with Crippen LogP contribution in [0.3, 0.4) is 0 Å². The van der Waals surface area contributed by atoms with Crippen LogP contribution >= 0.6 is 0 Å². The van der Waals surface area contributed by atoms with Crippen molar-refractivity contribution in [3.05, 3.63) is 58.9 Å². The van der Waals surface area contributed by atoms with Crippen LogP contribution in [0.5, 0.6) is 0 Å². The Bertz CT molecular complexity index is 647. The first-order chi connectivity index (χ1) is 11.1. The van der Waals surface area contributed by atoms with Gasteiger partial charge in [-0.25, -0.2) is 0 Å². The van der Waals surface area contributed by atoms with Gasteiger partial charge in [-0.3, -0.25) is 9.69 Å². The molecule has 2 rings (SSSR count). The summed E-state index contributed by atoms with van der Waals surface area (Å²) >= 11 is 0. The first-order valence-corrected chi connectivity index (χ1v) is 8.13. The van der Waals surface area contributed by atoms with Gasteiger partial charge in [0.25, 0.3) is 0 Å². The lowest BCUT2D eigenvalue weighted by Gasteiger charge is -2.18. The zero-order valence-corrected chi connectivity index (χ0v) is 14.2. The first kappa shape index (κ1) is 17.4. The number of carbonyl (C=O) groups excluding carboxylic acids is 1. The van der Waals surface area contributed by atoms with E-state index in [1.54, 1.807) is 0 Å². The van der Waals surface area contributed by atoms with Crippen LogP contribution in [-0.2, 0) is 6.54 Å². The fourth-order valence-electron chi connectivity index (χ4n) is 2.87. The summed E-state index contributed by atoms with van der Waals surface area (Å²) in [6.07, 6.45) is 0. The van der Waals surface area contributed by atoms with Gasteiger partial charge in [0.1, 0.15) is 0 Å². The smallest absolute Gasteiger partial charge is 0.178 e. The van der Waals surface area contributed by atoms with Crippen molar-refractivity contribution in [2.24, 2.45) is 0 Å². The molecule has 0 saturated carbocycles. The summed E-state index contributed by atoms with van der Waals surface area (Å²) in [4.78, 5) is 14.6. The largest absolute Gasteiger partial charge is 0.395 e. The molecule has 4 heteroatoms. The molecular formula is C19H26N2O2. The number of aliphatic hydroxyl groups is 1. The number of benzene rings is 1. The number of hydrogen-bond acceptors (Lipinski definition) is 3. The van der Waals surface area contributed by atoms with E-state index in [1.807, 2.05) is 49.9 Å². The van der Waals surface area contributed by atoms with Crippen molar-refractivity contribution in [2.45, 2.75) is 27.3 Å². The number of Topliss-reactive ketones (excluding diaryl/α,β-unsaturated/α-hetero) is 1. The molecule has 1 aromatic carbocycles. The van der Waals surface area contributed by atoms with Gasteiger partial charge in [0.2, 0.25) is 0 Å². The molecule has 0 amide bonds.